The summed E-state index contributed by atoms with van der Waals surface area (Å²) in [5.74, 6) is -1.31. The lowest BCUT2D eigenvalue weighted by molar-refractivity contribution is 0.0693. The summed E-state index contributed by atoms with van der Waals surface area (Å²) < 4.78 is 1.33. The molecule has 0 spiro atoms. The first-order chi connectivity index (χ1) is 8.97. The number of aromatic nitrogens is 2. The molecule has 104 valence electrons. The van der Waals surface area contributed by atoms with Crippen molar-refractivity contribution in [2.75, 3.05) is 0 Å². The number of nitrogens with zero attached hydrogens (tertiary/aromatic N) is 1. The molecule has 1 heterocycles. The summed E-state index contributed by atoms with van der Waals surface area (Å²) in [5.41, 5.74) is -1.71. The van der Waals surface area contributed by atoms with Crippen molar-refractivity contribution >= 4 is 5.97 Å². The van der Waals surface area contributed by atoms with E-state index < -0.39 is 17.2 Å². The van der Waals surface area contributed by atoms with Crippen LogP contribution >= 0.6 is 0 Å². The predicted octanol–water partition coefficient (Wildman–Crippen LogP) is 1.21. The monoisotopic (exact) mass is 266 g/mol. The third kappa shape index (κ3) is 2.62. The van der Waals surface area contributed by atoms with Gasteiger partial charge in [-0.15, -0.1) is 0 Å². The van der Waals surface area contributed by atoms with Crippen molar-refractivity contribution in [3.05, 3.63) is 32.6 Å². The highest BCUT2D eigenvalue weighted by Crippen LogP contribution is 2.41. The molecule has 0 bridgehead atoms. The lowest BCUT2D eigenvalue weighted by Gasteiger charge is -2.28. The Balaban J connectivity index is 2.40. The summed E-state index contributed by atoms with van der Waals surface area (Å²) in [6, 6.07) is 0. The molecule has 1 aromatic rings. The molecule has 2 N–H and O–H groups in total. The van der Waals surface area contributed by atoms with Gasteiger partial charge in [0.2, 0.25) is 0 Å². The van der Waals surface area contributed by atoms with Crippen LogP contribution < -0.4 is 11.2 Å². The zero-order valence-corrected chi connectivity index (χ0v) is 10.9. The average Bonchev–Trinajstić information content (AvgIpc) is 2.81. The number of carboxylic acid groups (broad SMARTS) is 1. The highest BCUT2D eigenvalue weighted by molar-refractivity contribution is 5.86. The fourth-order valence-electron chi connectivity index (χ4n) is 2.89. The zero-order chi connectivity index (χ0) is 14.0. The summed E-state index contributed by atoms with van der Waals surface area (Å²) in [7, 11) is 0. The second-order valence-electron chi connectivity index (χ2n) is 5.30. The van der Waals surface area contributed by atoms with Gasteiger partial charge in [0.15, 0.2) is 0 Å². The van der Waals surface area contributed by atoms with E-state index in [2.05, 4.69) is 11.9 Å². The maximum atomic E-state index is 11.8. The molecule has 0 aliphatic heterocycles. The van der Waals surface area contributed by atoms with Crippen LogP contribution in [0.15, 0.2) is 15.8 Å². The molecule has 6 nitrogen and oxygen atoms in total. The fourth-order valence-corrected chi connectivity index (χ4v) is 2.89. The van der Waals surface area contributed by atoms with Crippen molar-refractivity contribution in [2.24, 2.45) is 5.41 Å². The van der Waals surface area contributed by atoms with Gasteiger partial charge in [-0.05, 0) is 24.7 Å². The van der Waals surface area contributed by atoms with E-state index in [1.54, 1.807) is 0 Å². The largest absolute Gasteiger partial charge is 0.477 e. The van der Waals surface area contributed by atoms with E-state index in [9.17, 15) is 14.4 Å². The zero-order valence-electron chi connectivity index (χ0n) is 10.9. The Morgan fingerprint density at radius 3 is 2.58 bits per heavy atom. The molecular formula is C13H18N2O4. The summed E-state index contributed by atoms with van der Waals surface area (Å²) in [6.45, 7) is 2.56. The van der Waals surface area contributed by atoms with Crippen molar-refractivity contribution in [3.8, 4) is 0 Å². The van der Waals surface area contributed by atoms with Crippen LogP contribution in [0.3, 0.4) is 0 Å². The number of H-pyrrole nitrogens is 1. The minimum Gasteiger partial charge on any atom is -0.477 e. The van der Waals surface area contributed by atoms with E-state index in [1.165, 1.54) is 10.8 Å². The Kier molecular flexibility index (Phi) is 3.59. The van der Waals surface area contributed by atoms with E-state index in [1.807, 2.05) is 0 Å². The number of rotatable bonds is 4. The highest BCUT2D eigenvalue weighted by atomic mass is 16.4. The molecule has 1 aliphatic rings. The van der Waals surface area contributed by atoms with Crippen molar-refractivity contribution < 1.29 is 9.90 Å². The second-order valence-corrected chi connectivity index (χ2v) is 5.30. The minimum atomic E-state index is -1.31. The third-order valence-corrected chi connectivity index (χ3v) is 4.16. The van der Waals surface area contributed by atoms with Gasteiger partial charge in [0.1, 0.15) is 5.56 Å². The number of carbonyl (C=O) groups is 1. The van der Waals surface area contributed by atoms with Gasteiger partial charge in [-0.3, -0.25) is 14.3 Å². The first-order valence-electron chi connectivity index (χ1n) is 6.54. The van der Waals surface area contributed by atoms with E-state index >= 15 is 0 Å². The second kappa shape index (κ2) is 5.03. The molecule has 1 aromatic heterocycles. The van der Waals surface area contributed by atoms with Crippen molar-refractivity contribution in [2.45, 2.75) is 45.6 Å². The molecule has 1 fully saturated rings. The summed E-state index contributed by atoms with van der Waals surface area (Å²) in [6.07, 6.45) is 6.46. The number of aromatic carboxylic acids is 1. The molecule has 0 saturated heterocycles. The normalized spacial score (nSPS) is 17.5. The smallest absolute Gasteiger partial charge is 0.342 e. The van der Waals surface area contributed by atoms with Crippen molar-refractivity contribution in [1.29, 1.82) is 0 Å². The molecule has 0 radical (unpaired) electrons. The van der Waals surface area contributed by atoms with Gasteiger partial charge < -0.3 is 5.11 Å². The maximum Gasteiger partial charge on any atom is 0.342 e. The Bertz CT molecular complexity index is 593. The molecule has 0 unspecified atom stereocenters. The standard InChI is InChI=1S/C13H18N2O4/c1-2-13(5-3-4-6-13)8-15-7-9(11(17)18)10(16)14-12(15)19/h7H,2-6,8H2,1H3,(H,17,18)(H,14,16,19). The third-order valence-electron chi connectivity index (χ3n) is 4.16. The fraction of sp³-hybridized carbons (Fsp3) is 0.615. The van der Waals surface area contributed by atoms with Crippen LogP contribution in [-0.2, 0) is 6.54 Å². The molecule has 0 atom stereocenters. The van der Waals surface area contributed by atoms with E-state index in [-0.39, 0.29) is 11.0 Å². The quantitative estimate of drug-likeness (QED) is 0.856. The maximum absolute atomic E-state index is 11.8. The number of aromatic amines is 1. The topological polar surface area (TPSA) is 92.2 Å². The van der Waals surface area contributed by atoms with Crippen LogP contribution in [0.25, 0.3) is 0 Å². The Labute approximate surface area is 110 Å². The Morgan fingerprint density at radius 1 is 1.42 bits per heavy atom. The number of hydrogen-bond acceptors (Lipinski definition) is 3. The molecule has 0 amide bonds. The SMILES string of the molecule is CCC1(Cn2cc(C(=O)O)c(=O)[nH]c2=O)CCCC1. The highest BCUT2D eigenvalue weighted by Gasteiger charge is 2.32. The average molecular weight is 266 g/mol. The van der Waals surface area contributed by atoms with E-state index in [0.717, 1.165) is 32.1 Å². The van der Waals surface area contributed by atoms with Gasteiger partial charge in [-0.25, -0.2) is 9.59 Å². The molecule has 19 heavy (non-hydrogen) atoms. The summed E-state index contributed by atoms with van der Waals surface area (Å²) >= 11 is 0. The molecule has 6 heteroatoms. The van der Waals surface area contributed by atoms with Crippen molar-refractivity contribution in [1.82, 2.24) is 9.55 Å². The molecule has 1 aliphatic carbocycles. The van der Waals surface area contributed by atoms with Gasteiger partial charge in [0, 0.05) is 12.7 Å². The lowest BCUT2D eigenvalue weighted by atomic mass is 9.83. The molecule has 0 aromatic carbocycles. The van der Waals surface area contributed by atoms with Crippen molar-refractivity contribution in [3.63, 3.8) is 0 Å². The van der Waals surface area contributed by atoms with Crippen LogP contribution in [0.1, 0.15) is 49.4 Å². The van der Waals surface area contributed by atoms with Gasteiger partial charge in [0.25, 0.3) is 5.56 Å². The van der Waals surface area contributed by atoms with Crippen LogP contribution in [0.2, 0.25) is 0 Å². The van der Waals surface area contributed by atoms with Crippen LogP contribution in [0, 0.1) is 5.41 Å². The number of hydrogen-bond donors (Lipinski definition) is 2. The van der Waals surface area contributed by atoms with Crippen LogP contribution in [0.4, 0.5) is 0 Å². The number of nitrogens with one attached hydrogen (secondary N) is 1. The number of carboxylic acids is 1. The Morgan fingerprint density at radius 2 is 2.05 bits per heavy atom. The molecule has 2 rings (SSSR count). The van der Waals surface area contributed by atoms with Gasteiger partial charge in [-0.2, -0.15) is 0 Å². The van der Waals surface area contributed by atoms with Crippen LogP contribution in [-0.4, -0.2) is 20.6 Å². The summed E-state index contributed by atoms with van der Waals surface area (Å²) in [4.78, 5) is 36.2. The van der Waals surface area contributed by atoms with Gasteiger partial charge in [0.05, 0.1) is 0 Å². The van der Waals surface area contributed by atoms with Gasteiger partial charge >= 0.3 is 11.7 Å². The van der Waals surface area contributed by atoms with Gasteiger partial charge in [-0.1, -0.05) is 19.8 Å². The van der Waals surface area contributed by atoms with E-state index in [4.69, 9.17) is 5.11 Å². The first-order valence-corrected chi connectivity index (χ1v) is 6.54. The minimum absolute atomic E-state index is 0.0534. The predicted molar refractivity (Wildman–Crippen MR) is 69.5 cm³/mol. The molecular weight excluding hydrogens is 248 g/mol. The van der Waals surface area contributed by atoms with E-state index in [0.29, 0.717) is 6.54 Å². The lowest BCUT2D eigenvalue weighted by Crippen LogP contribution is -2.37. The first kappa shape index (κ1) is 13.6. The molecule has 1 saturated carbocycles. The summed E-state index contributed by atoms with van der Waals surface area (Å²) in [5, 5.41) is 8.93. The van der Waals surface area contributed by atoms with Crippen LogP contribution in [0.5, 0.6) is 0 Å². The Hall–Kier alpha value is -1.85.